The Labute approximate surface area is 79.6 Å². The Morgan fingerprint density at radius 1 is 1.54 bits per heavy atom. The second-order valence-corrected chi connectivity index (χ2v) is 3.44. The summed E-state index contributed by atoms with van der Waals surface area (Å²) in [5.74, 6) is 0.290. The van der Waals surface area contributed by atoms with Crippen LogP contribution in [0.15, 0.2) is 0 Å². The van der Waals surface area contributed by atoms with E-state index in [1.165, 1.54) is 0 Å². The summed E-state index contributed by atoms with van der Waals surface area (Å²) in [5.41, 5.74) is 5.40. The lowest BCUT2D eigenvalue weighted by Crippen LogP contribution is -2.44. The van der Waals surface area contributed by atoms with E-state index in [-0.39, 0.29) is 0 Å². The van der Waals surface area contributed by atoms with Crippen LogP contribution in [0.5, 0.6) is 0 Å². The number of ether oxygens (including phenoxy) is 1. The van der Waals surface area contributed by atoms with Crippen LogP contribution in [0.1, 0.15) is 19.8 Å². The van der Waals surface area contributed by atoms with Crippen molar-refractivity contribution in [1.82, 2.24) is 4.90 Å². The maximum Gasteiger partial charge on any atom is 0.0921 e. The summed E-state index contributed by atoms with van der Waals surface area (Å²) >= 11 is 0. The van der Waals surface area contributed by atoms with Gasteiger partial charge in [0.2, 0.25) is 0 Å². The second-order valence-electron chi connectivity index (χ2n) is 3.44. The summed E-state index contributed by atoms with van der Waals surface area (Å²) < 4.78 is 5.27. The van der Waals surface area contributed by atoms with Crippen molar-refractivity contribution < 1.29 is 4.74 Å². The number of hydrogen-bond donors (Lipinski definition) is 2. The minimum Gasteiger partial charge on any atom is -0.388 e. The molecule has 1 unspecified atom stereocenters. The van der Waals surface area contributed by atoms with E-state index < -0.39 is 0 Å². The minimum absolute atomic E-state index is 0.290. The average molecular weight is 185 g/mol. The first-order valence-electron chi connectivity index (χ1n) is 4.88. The van der Waals surface area contributed by atoms with Crippen molar-refractivity contribution in [2.75, 3.05) is 26.3 Å². The summed E-state index contributed by atoms with van der Waals surface area (Å²) in [5, 5.41) is 7.27. The Morgan fingerprint density at radius 3 is 2.62 bits per heavy atom. The molecule has 1 saturated heterocycles. The molecule has 0 aliphatic carbocycles. The van der Waals surface area contributed by atoms with Crippen LogP contribution in [0.25, 0.3) is 0 Å². The highest BCUT2D eigenvalue weighted by Crippen LogP contribution is 2.10. The molecule has 0 bridgehead atoms. The summed E-state index contributed by atoms with van der Waals surface area (Å²) in [6.45, 7) is 5.73. The van der Waals surface area contributed by atoms with Gasteiger partial charge in [-0.3, -0.25) is 10.3 Å². The van der Waals surface area contributed by atoms with E-state index in [4.69, 9.17) is 15.9 Å². The van der Waals surface area contributed by atoms with Gasteiger partial charge >= 0.3 is 0 Å². The number of rotatable bonds is 4. The molecule has 0 amide bonds. The fourth-order valence-corrected chi connectivity index (χ4v) is 1.73. The number of nitrogens with zero attached hydrogens (tertiary/aromatic N) is 1. The van der Waals surface area contributed by atoms with Gasteiger partial charge in [-0.15, -0.1) is 0 Å². The van der Waals surface area contributed by atoms with Gasteiger partial charge in [-0.25, -0.2) is 0 Å². The predicted molar refractivity (Wildman–Crippen MR) is 53.0 cm³/mol. The third kappa shape index (κ3) is 3.32. The Kier molecular flexibility index (Phi) is 4.18. The highest BCUT2D eigenvalue weighted by molar-refractivity contribution is 5.77. The van der Waals surface area contributed by atoms with Crippen molar-refractivity contribution in [3.05, 3.63) is 0 Å². The van der Waals surface area contributed by atoms with Crippen LogP contribution >= 0.6 is 0 Å². The molecular formula is C9H19N3O. The Hall–Kier alpha value is -0.610. The van der Waals surface area contributed by atoms with Gasteiger partial charge in [-0.2, -0.15) is 0 Å². The smallest absolute Gasteiger partial charge is 0.0921 e. The largest absolute Gasteiger partial charge is 0.388 e. The Morgan fingerprint density at radius 2 is 2.15 bits per heavy atom. The van der Waals surface area contributed by atoms with Crippen LogP contribution in [0.3, 0.4) is 0 Å². The molecule has 0 aromatic rings. The summed E-state index contributed by atoms with van der Waals surface area (Å²) in [6.07, 6.45) is 1.75. The van der Waals surface area contributed by atoms with E-state index in [9.17, 15) is 0 Å². The SMILES string of the molecule is CCC(CC(=N)N)N1CCOCC1. The van der Waals surface area contributed by atoms with Crippen LogP contribution in [-0.4, -0.2) is 43.1 Å². The van der Waals surface area contributed by atoms with E-state index in [0.29, 0.717) is 18.3 Å². The van der Waals surface area contributed by atoms with Gasteiger partial charge < -0.3 is 10.5 Å². The van der Waals surface area contributed by atoms with E-state index >= 15 is 0 Å². The molecule has 0 aromatic heterocycles. The number of hydrogen-bond acceptors (Lipinski definition) is 3. The molecule has 0 radical (unpaired) electrons. The number of morpholine rings is 1. The molecule has 0 aromatic carbocycles. The zero-order valence-corrected chi connectivity index (χ0v) is 8.25. The first-order chi connectivity index (χ1) is 6.24. The summed E-state index contributed by atoms with van der Waals surface area (Å²) in [7, 11) is 0. The van der Waals surface area contributed by atoms with Gasteiger partial charge in [0.15, 0.2) is 0 Å². The van der Waals surface area contributed by atoms with Crippen molar-refractivity contribution in [3.8, 4) is 0 Å². The molecule has 13 heavy (non-hydrogen) atoms. The zero-order chi connectivity index (χ0) is 9.68. The van der Waals surface area contributed by atoms with Crippen LogP contribution in [0.2, 0.25) is 0 Å². The molecule has 0 spiro atoms. The molecule has 1 aliphatic rings. The van der Waals surface area contributed by atoms with Gasteiger partial charge in [0, 0.05) is 25.6 Å². The third-order valence-electron chi connectivity index (χ3n) is 2.49. The first-order valence-corrected chi connectivity index (χ1v) is 4.88. The molecule has 1 atom stereocenters. The fraction of sp³-hybridized carbons (Fsp3) is 0.889. The highest BCUT2D eigenvalue weighted by Gasteiger charge is 2.19. The topological polar surface area (TPSA) is 62.3 Å². The number of amidine groups is 1. The van der Waals surface area contributed by atoms with Gasteiger partial charge in [-0.1, -0.05) is 6.92 Å². The molecule has 76 valence electrons. The average Bonchev–Trinajstić information content (AvgIpc) is 2.15. The third-order valence-corrected chi connectivity index (χ3v) is 2.49. The maximum absolute atomic E-state index is 7.27. The number of nitrogens with two attached hydrogens (primary N) is 1. The van der Waals surface area contributed by atoms with E-state index in [2.05, 4.69) is 11.8 Å². The molecule has 4 heteroatoms. The second kappa shape index (κ2) is 5.19. The normalized spacial score (nSPS) is 21.3. The molecule has 3 N–H and O–H groups in total. The van der Waals surface area contributed by atoms with Crippen molar-refractivity contribution in [1.29, 1.82) is 5.41 Å². The molecule has 1 aliphatic heterocycles. The standard InChI is InChI=1S/C9H19N3O/c1-2-8(7-9(10)11)12-3-5-13-6-4-12/h8H,2-7H2,1H3,(H3,10,11). The fourth-order valence-electron chi connectivity index (χ4n) is 1.73. The van der Waals surface area contributed by atoms with E-state index in [0.717, 1.165) is 32.7 Å². The van der Waals surface area contributed by atoms with Gasteiger partial charge in [-0.05, 0) is 6.42 Å². The lowest BCUT2D eigenvalue weighted by molar-refractivity contribution is 0.0171. The van der Waals surface area contributed by atoms with Gasteiger partial charge in [0.25, 0.3) is 0 Å². The Balaban J connectivity index is 2.39. The minimum atomic E-state index is 0.290. The predicted octanol–water partition coefficient (Wildman–Crippen LogP) is 0.423. The number of nitrogens with one attached hydrogen (secondary N) is 1. The zero-order valence-electron chi connectivity index (χ0n) is 8.25. The molecular weight excluding hydrogens is 166 g/mol. The van der Waals surface area contributed by atoms with Crippen molar-refractivity contribution in [2.24, 2.45) is 5.73 Å². The molecule has 1 rings (SSSR count). The van der Waals surface area contributed by atoms with Crippen molar-refractivity contribution in [2.45, 2.75) is 25.8 Å². The van der Waals surface area contributed by atoms with Gasteiger partial charge in [0.05, 0.1) is 19.0 Å². The van der Waals surface area contributed by atoms with Crippen LogP contribution in [-0.2, 0) is 4.74 Å². The van der Waals surface area contributed by atoms with E-state index in [1.54, 1.807) is 0 Å². The molecule has 0 saturated carbocycles. The summed E-state index contributed by atoms with van der Waals surface area (Å²) in [6, 6.07) is 0.432. The molecule has 4 nitrogen and oxygen atoms in total. The Bertz CT molecular complexity index is 166. The lowest BCUT2D eigenvalue weighted by atomic mass is 10.1. The van der Waals surface area contributed by atoms with Crippen LogP contribution in [0.4, 0.5) is 0 Å². The maximum atomic E-state index is 7.27. The lowest BCUT2D eigenvalue weighted by Gasteiger charge is -2.33. The van der Waals surface area contributed by atoms with E-state index in [1.807, 2.05) is 0 Å². The molecule has 1 heterocycles. The van der Waals surface area contributed by atoms with Crippen molar-refractivity contribution in [3.63, 3.8) is 0 Å². The first kappa shape index (κ1) is 10.5. The molecule has 1 fully saturated rings. The van der Waals surface area contributed by atoms with Crippen molar-refractivity contribution >= 4 is 5.84 Å². The van der Waals surface area contributed by atoms with Gasteiger partial charge in [0.1, 0.15) is 0 Å². The highest BCUT2D eigenvalue weighted by atomic mass is 16.5. The van der Waals surface area contributed by atoms with Crippen LogP contribution < -0.4 is 5.73 Å². The summed E-state index contributed by atoms with van der Waals surface area (Å²) in [4.78, 5) is 2.37. The monoisotopic (exact) mass is 185 g/mol. The quantitative estimate of drug-likeness (QED) is 0.493. The van der Waals surface area contributed by atoms with Crippen LogP contribution in [0, 0.1) is 5.41 Å².